The summed E-state index contributed by atoms with van der Waals surface area (Å²) in [6.07, 6.45) is 0.165. The van der Waals surface area contributed by atoms with Crippen molar-refractivity contribution in [3.8, 4) is 0 Å². The minimum absolute atomic E-state index is 0.00321. The summed E-state index contributed by atoms with van der Waals surface area (Å²) in [4.78, 5) is 22.8. The van der Waals surface area contributed by atoms with Crippen LogP contribution in [0.15, 0.2) is 0 Å². The topological polar surface area (TPSA) is 96.9 Å². The smallest absolute Gasteiger partial charge is 0.332 e. The molecule has 104 valence electrons. The molecule has 18 heavy (non-hydrogen) atoms. The van der Waals surface area contributed by atoms with Gasteiger partial charge in [0.05, 0.1) is 12.7 Å². The van der Waals surface area contributed by atoms with Crippen LogP contribution in [0.25, 0.3) is 0 Å². The summed E-state index contributed by atoms with van der Waals surface area (Å²) in [7, 11) is 0. The van der Waals surface area contributed by atoms with Gasteiger partial charge in [-0.05, 0) is 13.8 Å². The molecule has 0 spiro atoms. The highest BCUT2D eigenvalue weighted by molar-refractivity contribution is 5.86. The number of aliphatic carboxylic acids is 1. The summed E-state index contributed by atoms with van der Waals surface area (Å²) in [5.41, 5.74) is -1.31. The molecule has 1 fully saturated rings. The van der Waals surface area contributed by atoms with Crippen LogP contribution in [0.1, 0.15) is 20.3 Å². The third kappa shape index (κ3) is 3.85. The second-order valence-corrected chi connectivity index (χ2v) is 4.29. The van der Waals surface area contributed by atoms with Crippen LogP contribution >= 0.6 is 0 Å². The number of hydrogen-bond donors (Lipinski definition) is 3. The van der Waals surface area contributed by atoms with Gasteiger partial charge in [0.1, 0.15) is 0 Å². The number of rotatable bonds is 6. The van der Waals surface area contributed by atoms with Crippen LogP contribution < -0.4 is 10.6 Å². The fraction of sp³-hybridized carbons (Fsp3) is 0.818. The lowest BCUT2D eigenvalue weighted by Gasteiger charge is -2.24. The molecule has 3 N–H and O–H groups in total. The minimum Gasteiger partial charge on any atom is -0.479 e. The van der Waals surface area contributed by atoms with Crippen molar-refractivity contribution >= 4 is 12.0 Å². The first-order chi connectivity index (χ1) is 8.50. The van der Waals surface area contributed by atoms with E-state index in [0.29, 0.717) is 19.8 Å². The number of carboxylic acid groups (broad SMARTS) is 1. The molecule has 2 atom stereocenters. The Hall–Kier alpha value is -1.34. The van der Waals surface area contributed by atoms with Crippen LogP contribution in [0, 0.1) is 0 Å². The minimum atomic E-state index is -1.31. The standard InChI is InChI=1S/C11H20N2O5/c1-3-18-8(2)6-12-10(16)13-11(9(14)15)4-5-17-7-11/h8H,3-7H2,1-2H3,(H,14,15)(H2,12,13,16). The van der Waals surface area contributed by atoms with Gasteiger partial charge in [0.2, 0.25) is 0 Å². The molecule has 1 aliphatic rings. The van der Waals surface area contributed by atoms with Crippen molar-refractivity contribution in [2.24, 2.45) is 0 Å². The first-order valence-corrected chi connectivity index (χ1v) is 5.99. The van der Waals surface area contributed by atoms with E-state index in [1.54, 1.807) is 0 Å². The van der Waals surface area contributed by atoms with Crippen LogP contribution in [-0.2, 0) is 14.3 Å². The molecule has 0 bridgehead atoms. The molecule has 2 amide bonds. The largest absolute Gasteiger partial charge is 0.479 e. The van der Waals surface area contributed by atoms with Gasteiger partial charge in [0, 0.05) is 26.2 Å². The molecule has 0 aromatic rings. The summed E-state index contributed by atoms with van der Waals surface area (Å²) in [6.45, 7) is 4.92. The van der Waals surface area contributed by atoms with E-state index < -0.39 is 17.5 Å². The van der Waals surface area contributed by atoms with E-state index in [0.717, 1.165) is 0 Å². The second kappa shape index (κ2) is 6.55. The average molecular weight is 260 g/mol. The number of carboxylic acids is 1. The number of carbonyl (C=O) groups excluding carboxylic acids is 1. The van der Waals surface area contributed by atoms with Gasteiger partial charge >= 0.3 is 12.0 Å². The van der Waals surface area contributed by atoms with Crippen molar-refractivity contribution in [1.29, 1.82) is 0 Å². The van der Waals surface area contributed by atoms with E-state index in [4.69, 9.17) is 14.6 Å². The van der Waals surface area contributed by atoms with Crippen molar-refractivity contribution < 1.29 is 24.2 Å². The first-order valence-electron chi connectivity index (χ1n) is 5.99. The number of hydrogen-bond acceptors (Lipinski definition) is 4. The average Bonchev–Trinajstić information content (AvgIpc) is 2.77. The van der Waals surface area contributed by atoms with E-state index >= 15 is 0 Å². The zero-order valence-electron chi connectivity index (χ0n) is 10.7. The van der Waals surface area contributed by atoms with Crippen LogP contribution in [0.5, 0.6) is 0 Å². The predicted molar refractivity (Wildman–Crippen MR) is 63.4 cm³/mol. The Morgan fingerprint density at radius 3 is 2.78 bits per heavy atom. The molecule has 1 aliphatic heterocycles. The maximum atomic E-state index is 11.6. The van der Waals surface area contributed by atoms with Crippen molar-refractivity contribution in [3.63, 3.8) is 0 Å². The summed E-state index contributed by atoms with van der Waals surface area (Å²) in [5, 5.41) is 14.2. The molecule has 7 nitrogen and oxygen atoms in total. The van der Waals surface area contributed by atoms with Crippen molar-refractivity contribution in [2.45, 2.75) is 31.9 Å². The number of carbonyl (C=O) groups is 2. The zero-order valence-corrected chi connectivity index (χ0v) is 10.7. The van der Waals surface area contributed by atoms with Crippen LogP contribution in [0.4, 0.5) is 4.79 Å². The number of ether oxygens (including phenoxy) is 2. The van der Waals surface area contributed by atoms with Crippen molar-refractivity contribution in [2.75, 3.05) is 26.4 Å². The normalized spacial score (nSPS) is 24.6. The van der Waals surface area contributed by atoms with Gasteiger partial charge in [-0.2, -0.15) is 0 Å². The third-order valence-electron chi connectivity index (χ3n) is 2.79. The van der Waals surface area contributed by atoms with Crippen molar-refractivity contribution in [3.05, 3.63) is 0 Å². The Morgan fingerprint density at radius 1 is 1.56 bits per heavy atom. The summed E-state index contributed by atoms with van der Waals surface area (Å²) in [6, 6.07) is -0.519. The lowest BCUT2D eigenvalue weighted by molar-refractivity contribution is -0.144. The Labute approximate surface area is 106 Å². The Morgan fingerprint density at radius 2 is 2.28 bits per heavy atom. The van der Waals surface area contributed by atoms with E-state index in [2.05, 4.69) is 10.6 Å². The highest BCUT2D eigenvalue weighted by Crippen LogP contribution is 2.18. The molecular weight excluding hydrogens is 240 g/mol. The van der Waals surface area contributed by atoms with Gasteiger partial charge in [0.25, 0.3) is 0 Å². The highest BCUT2D eigenvalue weighted by Gasteiger charge is 2.43. The Kier molecular flexibility index (Phi) is 5.36. The van der Waals surface area contributed by atoms with E-state index in [1.807, 2.05) is 13.8 Å². The lowest BCUT2D eigenvalue weighted by atomic mass is 9.99. The molecule has 0 radical (unpaired) electrons. The molecule has 0 saturated carbocycles. The van der Waals surface area contributed by atoms with Gasteiger partial charge in [-0.25, -0.2) is 9.59 Å². The van der Waals surface area contributed by atoms with Gasteiger partial charge in [0.15, 0.2) is 5.54 Å². The van der Waals surface area contributed by atoms with Gasteiger partial charge < -0.3 is 25.2 Å². The zero-order chi connectivity index (χ0) is 13.6. The van der Waals surface area contributed by atoms with Crippen LogP contribution in [0.2, 0.25) is 0 Å². The quantitative estimate of drug-likeness (QED) is 0.622. The molecule has 2 unspecified atom stereocenters. The van der Waals surface area contributed by atoms with Gasteiger partial charge in [-0.3, -0.25) is 0 Å². The molecular formula is C11H20N2O5. The highest BCUT2D eigenvalue weighted by atomic mass is 16.5. The van der Waals surface area contributed by atoms with Crippen molar-refractivity contribution in [1.82, 2.24) is 10.6 Å². The first kappa shape index (κ1) is 14.7. The summed E-state index contributed by atoms with van der Waals surface area (Å²) in [5.74, 6) is -1.08. The fourth-order valence-electron chi connectivity index (χ4n) is 1.73. The Bertz CT molecular complexity index is 302. The maximum Gasteiger partial charge on any atom is 0.332 e. The van der Waals surface area contributed by atoms with Crippen LogP contribution in [0.3, 0.4) is 0 Å². The number of amides is 2. The molecule has 1 heterocycles. The SMILES string of the molecule is CCOC(C)CNC(=O)NC1(C(=O)O)CCOC1. The number of urea groups is 1. The molecule has 0 aromatic carbocycles. The Balaban J connectivity index is 2.41. The molecule has 1 saturated heterocycles. The third-order valence-corrected chi connectivity index (χ3v) is 2.79. The van der Waals surface area contributed by atoms with E-state index in [9.17, 15) is 9.59 Å². The molecule has 7 heteroatoms. The number of nitrogens with one attached hydrogen (secondary N) is 2. The van der Waals surface area contributed by atoms with E-state index in [-0.39, 0.29) is 19.1 Å². The van der Waals surface area contributed by atoms with E-state index in [1.165, 1.54) is 0 Å². The lowest BCUT2D eigenvalue weighted by Crippen LogP contribution is -2.58. The second-order valence-electron chi connectivity index (χ2n) is 4.29. The van der Waals surface area contributed by atoms with Crippen LogP contribution in [-0.4, -0.2) is 55.1 Å². The predicted octanol–water partition coefficient (Wildman–Crippen LogP) is -0.0457. The summed E-state index contributed by atoms with van der Waals surface area (Å²) >= 11 is 0. The molecule has 0 aromatic heterocycles. The maximum absolute atomic E-state index is 11.6. The van der Waals surface area contributed by atoms with Gasteiger partial charge in [-0.1, -0.05) is 0 Å². The van der Waals surface area contributed by atoms with Gasteiger partial charge in [-0.15, -0.1) is 0 Å². The summed E-state index contributed by atoms with van der Waals surface area (Å²) < 4.78 is 10.3. The molecule has 1 rings (SSSR count). The molecule has 0 aliphatic carbocycles. The fourth-order valence-corrected chi connectivity index (χ4v) is 1.73. The monoisotopic (exact) mass is 260 g/mol.